The predicted molar refractivity (Wildman–Crippen MR) is 71.5 cm³/mol. The Hall–Kier alpha value is -1.84. The van der Waals surface area contributed by atoms with Crippen LogP contribution < -0.4 is 0 Å². The second-order valence-electron chi connectivity index (χ2n) is 5.06. The van der Waals surface area contributed by atoms with E-state index in [1.54, 1.807) is 4.90 Å². The summed E-state index contributed by atoms with van der Waals surface area (Å²) in [6.07, 6.45) is 0.917. The average molecular weight is 261 g/mol. The first-order valence-corrected chi connectivity index (χ1v) is 6.65. The lowest BCUT2D eigenvalue weighted by molar-refractivity contribution is -0.142. The second kappa shape index (κ2) is 5.43. The zero-order valence-electron chi connectivity index (χ0n) is 11.2. The molecule has 4 heteroatoms. The molecule has 102 valence electrons. The van der Waals surface area contributed by atoms with Gasteiger partial charge in [0.1, 0.15) is 0 Å². The third kappa shape index (κ3) is 2.48. The monoisotopic (exact) mass is 261 g/mol. The third-order valence-electron chi connectivity index (χ3n) is 3.89. The van der Waals surface area contributed by atoms with Crippen LogP contribution in [0.2, 0.25) is 0 Å². The van der Waals surface area contributed by atoms with Crippen LogP contribution in [0, 0.1) is 5.92 Å². The second-order valence-corrected chi connectivity index (χ2v) is 5.06. The van der Waals surface area contributed by atoms with Gasteiger partial charge in [0.2, 0.25) is 5.91 Å². The summed E-state index contributed by atoms with van der Waals surface area (Å²) in [5.41, 5.74) is 0.904. The number of carboxylic acid groups (broad SMARTS) is 1. The fraction of sp³-hybridized carbons (Fsp3) is 0.467. The van der Waals surface area contributed by atoms with Crippen molar-refractivity contribution in [2.75, 3.05) is 0 Å². The van der Waals surface area contributed by atoms with Gasteiger partial charge < -0.3 is 10.0 Å². The average Bonchev–Trinajstić information content (AvgIpc) is 2.76. The molecular weight excluding hydrogens is 242 g/mol. The van der Waals surface area contributed by atoms with E-state index in [9.17, 15) is 14.7 Å². The Bertz CT molecular complexity index is 472. The number of hydrogen-bond acceptors (Lipinski definition) is 2. The molecule has 0 bridgehead atoms. The maximum Gasteiger partial charge on any atom is 0.309 e. The SMILES string of the molecule is CC[C@H](C)N1C(=O)C[C@@H](C(=O)O)[C@H]1c1ccccc1. The molecule has 1 aromatic rings. The maximum absolute atomic E-state index is 12.1. The molecule has 1 saturated heterocycles. The quantitative estimate of drug-likeness (QED) is 0.905. The maximum atomic E-state index is 12.1. The summed E-state index contributed by atoms with van der Waals surface area (Å²) >= 11 is 0. The minimum Gasteiger partial charge on any atom is -0.481 e. The van der Waals surface area contributed by atoms with Crippen LogP contribution in [0.15, 0.2) is 30.3 Å². The number of carbonyl (C=O) groups excluding carboxylic acids is 1. The molecule has 1 fully saturated rings. The molecule has 1 aromatic carbocycles. The Morgan fingerprint density at radius 1 is 1.42 bits per heavy atom. The van der Waals surface area contributed by atoms with E-state index < -0.39 is 11.9 Å². The molecule has 1 aliphatic heterocycles. The number of likely N-dealkylation sites (tertiary alicyclic amines) is 1. The van der Waals surface area contributed by atoms with Crippen LogP contribution in [0.25, 0.3) is 0 Å². The van der Waals surface area contributed by atoms with Crippen molar-refractivity contribution < 1.29 is 14.7 Å². The lowest BCUT2D eigenvalue weighted by atomic mass is 9.93. The molecule has 0 saturated carbocycles. The number of nitrogens with zero attached hydrogens (tertiary/aromatic N) is 1. The van der Waals surface area contributed by atoms with Gasteiger partial charge in [-0.1, -0.05) is 37.3 Å². The van der Waals surface area contributed by atoms with E-state index in [-0.39, 0.29) is 24.4 Å². The largest absolute Gasteiger partial charge is 0.481 e. The Morgan fingerprint density at radius 2 is 2.05 bits per heavy atom. The van der Waals surface area contributed by atoms with Crippen LogP contribution in [-0.2, 0) is 9.59 Å². The summed E-state index contributed by atoms with van der Waals surface area (Å²) in [5.74, 6) is -1.60. The summed E-state index contributed by atoms with van der Waals surface area (Å²) < 4.78 is 0. The van der Waals surface area contributed by atoms with Crippen molar-refractivity contribution in [3.05, 3.63) is 35.9 Å². The van der Waals surface area contributed by atoms with Crippen molar-refractivity contribution >= 4 is 11.9 Å². The number of benzene rings is 1. The van der Waals surface area contributed by atoms with Gasteiger partial charge in [-0.25, -0.2) is 0 Å². The highest BCUT2D eigenvalue weighted by Gasteiger charge is 2.45. The summed E-state index contributed by atoms with van der Waals surface area (Å²) in [6, 6.07) is 9.16. The molecular formula is C15H19NO3. The molecule has 19 heavy (non-hydrogen) atoms. The van der Waals surface area contributed by atoms with E-state index in [0.29, 0.717) is 0 Å². The molecule has 3 atom stereocenters. The van der Waals surface area contributed by atoms with Crippen LogP contribution >= 0.6 is 0 Å². The van der Waals surface area contributed by atoms with Gasteiger partial charge in [-0.05, 0) is 18.9 Å². The van der Waals surface area contributed by atoms with E-state index in [1.807, 2.05) is 44.2 Å². The third-order valence-corrected chi connectivity index (χ3v) is 3.89. The summed E-state index contributed by atoms with van der Waals surface area (Å²) in [4.78, 5) is 25.3. The topological polar surface area (TPSA) is 57.6 Å². The Kier molecular flexibility index (Phi) is 3.88. The van der Waals surface area contributed by atoms with Crippen molar-refractivity contribution in [2.24, 2.45) is 5.92 Å². The molecule has 1 heterocycles. The van der Waals surface area contributed by atoms with Crippen LogP contribution in [0.4, 0.5) is 0 Å². The molecule has 0 aliphatic carbocycles. The van der Waals surface area contributed by atoms with Crippen molar-refractivity contribution in [1.29, 1.82) is 0 Å². The van der Waals surface area contributed by atoms with Crippen LogP contribution in [-0.4, -0.2) is 27.9 Å². The first-order valence-electron chi connectivity index (χ1n) is 6.65. The minimum absolute atomic E-state index is 0.0575. The fourth-order valence-corrected chi connectivity index (χ4v) is 2.74. The van der Waals surface area contributed by atoms with Crippen LogP contribution in [0.3, 0.4) is 0 Å². The van der Waals surface area contributed by atoms with E-state index in [0.717, 1.165) is 12.0 Å². The number of rotatable bonds is 4. The molecule has 1 aliphatic rings. The molecule has 0 radical (unpaired) electrons. The highest BCUT2D eigenvalue weighted by Crippen LogP contribution is 2.40. The number of carboxylic acids is 1. The molecule has 0 unspecified atom stereocenters. The molecule has 1 amide bonds. The van der Waals surface area contributed by atoms with Gasteiger partial charge in [-0.3, -0.25) is 9.59 Å². The van der Waals surface area contributed by atoms with Crippen LogP contribution in [0.5, 0.6) is 0 Å². The van der Waals surface area contributed by atoms with Crippen LogP contribution in [0.1, 0.15) is 38.3 Å². The molecule has 4 nitrogen and oxygen atoms in total. The minimum atomic E-state index is -0.895. The van der Waals surface area contributed by atoms with E-state index in [4.69, 9.17) is 0 Å². The molecule has 0 spiro atoms. The summed E-state index contributed by atoms with van der Waals surface area (Å²) in [5, 5.41) is 9.36. The van der Waals surface area contributed by atoms with Gasteiger partial charge in [-0.2, -0.15) is 0 Å². The van der Waals surface area contributed by atoms with E-state index >= 15 is 0 Å². The lowest BCUT2D eigenvalue weighted by Gasteiger charge is -2.32. The smallest absolute Gasteiger partial charge is 0.309 e. The van der Waals surface area contributed by atoms with Gasteiger partial charge in [0.15, 0.2) is 0 Å². The van der Waals surface area contributed by atoms with Gasteiger partial charge in [0, 0.05) is 12.5 Å². The van der Waals surface area contributed by atoms with Gasteiger partial charge in [-0.15, -0.1) is 0 Å². The predicted octanol–water partition coefficient (Wildman–Crippen LogP) is 2.46. The fourth-order valence-electron chi connectivity index (χ4n) is 2.74. The van der Waals surface area contributed by atoms with Crippen molar-refractivity contribution in [3.63, 3.8) is 0 Å². The number of aliphatic carboxylic acids is 1. The highest BCUT2D eigenvalue weighted by molar-refractivity contribution is 5.87. The molecule has 1 N–H and O–H groups in total. The highest BCUT2D eigenvalue weighted by atomic mass is 16.4. The Labute approximate surface area is 113 Å². The number of amides is 1. The molecule has 2 rings (SSSR count). The zero-order valence-corrected chi connectivity index (χ0v) is 11.2. The first-order chi connectivity index (χ1) is 9.06. The van der Waals surface area contributed by atoms with E-state index in [2.05, 4.69) is 0 Å². The van der Waals surface area contributed by atoms with Crippen molar-refractivity contribution in [1.82, 2.24) is 4.90 Å². The van der Waals surface area contributed by atoms with Gasteiger partial charge >= 0.3 is 5.97 Å². The van der Waals surface area contributed by atoms with Gasteiger partial charge in [0.25, 0.3) is 0 Å². The first kappa shape index (κ1) is 13.6. The number of hydrogen-bond donors (Lipinski definition) is 1. The Morgan fingerprint density at radius 3 is 2.58 bits per heavy atom. The molecule has 0 aromatic heterocycles. The Balaban J connectivity index is 2.42. The zero-order chi connectivity index (χ0) is 14.0. The number of carbonyl (C=O) groups is 2. The normalized spacial score (nSPS) is 24.5. The van der Waals surface area contributed by atoms with Crippen molar-refractivity contribution in [3.8, 4) is 0 Å². The summed E-state index contributed by atoms with van der Waals surface area (Å²) in [7, 11) is 0. The lowest BCUT2D eigenvalue weighted by Crippen LogP contribution is -2.37. The van der Waals surface area contributed by atoms with E-state index in [1.165, 1.54) is 0 Å². The summed E-state index contributed by atoms with van der Waals surface area (Å²) in [6.45, 7) is 3.98. The standard InChI is InChI=1S/C15H19NO3/c1-3-10(2)16-13(17)9-12(15(18)19)14(16)11-7-5-4-6-8-11/h4-8,10,12,14H,3,9H2,1-2H3,(H,18,19)/t10-,12+,14+/m0/s1. The van der Waals surface area contributed by atoms with Gasteiger partial charge in [0.05, 0.1) is 12.0 Å². The van der Waals surface area contributed by atoms with Crippen molar-refractivity contribution in [2.45, 2.75) is 38.8 Å².